The molecule has 3 heterocycles. The highest BCUT2D eigenvalue weighted by Crippen LogP contribution is 2.20. The number of rotatable bonds is 6. The third-order valence-corrected chi connectivity index (χ3v) is 6.66. The third kappa shape index (κ3) is 5.55. The van der Waals surface area contributed by atoms with Crippen LogP contribution in [0.4, 0.5) is 0 Å². The summed E-state index contributed by atoms with van der Waals surface area (Å²) in [6.07, 6.45) is 3.35. The highest BCUT2D eigenvalue weighted by atomic mass is 32.1. The molecule has 30 heavy (non-hydrogen) atoms. The number of piperidine rings is 1. The van der Waals surface area contributed by atoms with Crippen LogP contribution in [-0.2, 0) is 12.0 Å². The molecule has 0 radical (unpaired) electrons. The minimum absolute atomic E-state index is 0.0422. The molecule has 1 aliphatic rings. The van der Waals surface area contributed by atoms with E-state index in [1.165, 1.54) is 11.3 Å². The van der Waals surface area contributed by atoms with Gasteiger partial charge >= 0.3 is 0 Å². The Labute approximate surface area is 182 Å². The van der Waals surface area contributed by atoms with E-state index in [2.05, 4.69) is 41.1 Å². The summed E-state index contributed by atoms with van der Waals surface area (Å²) >= 11 is 1.44. The van der Waals surface area contributed by atoms with Gasteiger partial charge < -0.3 is 5.32 Å². The van der Waals surface area contributed by atoms with Gasteiger partial charge in [0.2, 0.25) is 0 Å². The lowest BCUT2D eigenvalue weighted by molar-refractivity contribution is 0.0912. The van der Waals surface area contributed by atoms with Gasteiger partial charge in [0.15, 0.2) is 0 Å². The van der Waals surface area contributed by atoms with Crippen molar-refractivity contribution in [3.05, 3.63) is 43.8 Å². The lowest BCUT2D eigenvalue weighted by Crippen LogP contribution is -2.48. The summed E-state index contributed by atoms with van der Waals surface area (Å²) in [5.74, 6) is -0.0422. The highest BCUT2D eigenvalue weighted by Gasteiger charge is 2.24. The van der Waals surface area contributed by atoms with Gasteiger partial charge in [-0.2, -0.15) is 5.10 Å². The van der Waals surface area contributed by atoms with Crippen LogP contribution in [0.1, 0.15) is 66.1 Å². The number of likely N-dealkylation sites (tertiary alicyclic amines) is 1. The molecule has 2 aromatic heterocycles. The van der Waals surface area contributed by atoms with Gasteiger partial charge in [-0.05, 0) is 39.3 Å². The predicted octanol–water partition coefficient (Wildman–Crippen LogP) is 2.90. The van der Waals surface area contributed by atoms with Gasteiger partial charge in [-0.1, -0.05) is 27.2 Å². The van der Waals surface area contributed by atoms with Crippen LogP contribution >= 0.6 is 11.3 Å². The Kier molecular flexibility index (Phi) is 7.08. The average Bonchev–Trinajstić information content (AvgIpc) is 3.03. The Hall–Kier alpha value is -2.06. The molecular weight excluding hydrogens is 398 g/mol. The summed E-state index contributed by atoms with van der Waals surface area (Å²) in [7, 11) is 0. The standard InChI is InChI=1S/C22H33N5O2S/c1-15-20(30-16(2)24-15)21(29)23-14-17-8-6-7-11-26(17)12-13-27-19(28)10-9-18(25-27)22(3,4)5/h9-10,17H,6-8,11-14H2,1-5H3,(H,23,29). The lowest BCUT2D eigenvalue weighted by atomic mass is 9.92. The fraction of sp³-hybridized carbons (Fsp3) is 0.636. The maximum absolute atomic E-state index is 12.6. The first-order valence-corrected chi connectivity index (χ1v) is 11.5. The Bertz CT molecular complexity index is 944. The molecule has 0 saturated carbocycles. The van der Waals surface area contributed by atoms with Crippen molar-refractivity contribution in [3.63, 3.8) is 0 Å². The number of carbonyl (C=O) groups excluding carboxylic acids is 1. The van der Waals surface area contributed by atoms with Crippen molar-refractivity contribution in [2.24, 2.45) is 0 Å². The van der Waals surface area contributed by atoms with Gasteiger partial charge in [-0.25, -0.2) is 9.67 Å². The van der Waals surface area contributed by atoms with E-state index in [0.717, 1.165) is 48.7 Å². The van der Waals surface area contributed by atoms with Crippen LogP contribution in [0.15, 0.2) is 16.9 Å². The van der Waals surface area contributed by atoms with Crippen molar-refractivity contribution in [2.75, 3.05) is 19.6 Å². The molecule has 2 aromatic rings. The number of hydrogen-bond acceptors (Lipinski definition) is 6. The van der Waals surface area contributed by atoms with Crippen molar-refractivity contribution in [1.29, 1.82) is 0 Å². The molecular formula is C22H33N5O2S. The van der Waals surface area contributed by atoms with Crippen molar-refractivity contribution >= 4 is 17.2 Å². The second-order valence-corrected chi connectivity index (χ2v) is 10.3. The predicted molar refractivity (Wildman–Crippen MR) is 120 cm³/mol. The first-order valence-electron chi connectivity index (χ1n) is 10.7. The fourth-order valence-electron chi connectivity index (χ4n) is 3.85. The van der Waals surface area contributed by atoms with Crippen LogP contribution in [0.2, 0.25) is 0 Å². The van der Waals surface area contributed by atoms with E-state index in [1.54, 1.807) is 10.7 Å². The van der Waals surface area contributed by atoms with E-state index in [9.17, 15) is 9.59 Å². The van der Waals surface area contributed by atoms with E-state index in [-0.39, 0.29) is 22.9 Å². The molecule has 1 N–H and O–H groups in total. The molecule has 0 aliphatic carbocycles. The number of thiazole rings is 1. The average molecular weight is 432 g/mol. The van der Waals surface area contributed by atoms with Gasteiger partial charge in [0.1, 0.15) is 4.88 Å². The van der Waals surface area contributed by atoms with Gasteiger partial charge in [-0.15, -0.1) is 11.3 Å². The fourth-order valence-corrected chi connectivity index (χ4v) is 4.69. The monoisotopic (exact) mass is 431 g/mol. The van der Waals surface area contributed by atoms with Crippen LogP contribution in [0.3, 0.4) is 0 Å². The van der Waals surface area contributed by atoms with Crippen molar-refractivity contribution in [2.45, 2.75) is 71.9 Å². The number of nitrogens with one attached hydrogen (secondary N) is 1. The number of nitrogens with zero attached hydrogens (tertiary/aromatic N) is 4. The molecule has 8 heteroatoms. The topological polar surface area (TPSA) is 80.1 Å². The van der Waals surface area contributed by atoms with Crippen LogP contribution in [0, 0.1) is 13.8 Å². The molecule has 0 spiro atoms. The lowest BCUT2D eigenvalue weighted by Gasteiger charge is -2.35. The summed E-state index contributed by atoms with van der Waals surface area (Å²) in [4.78, 5) is 32.3. The zero-order chi connectivity index (χ0) is 21.9. The molecule has 7 nitrogen and oxygen atoms in total. The maximum Gasteiger partial charge on any atom is 0.266 e. The Morgan fingerprint density at radius 3 is 2.67 bits per heavy atom. The van der Waals surface area contributed by atoms with Crippen LogP contribution in [0.25, 0.3) is 0 Å². The molecule has 1 amide bonds. The number of amides is 1. The summed E-state index contributed by atoms with van der Waals surface area (Å²) in [5, 5.41) is 8.59. The molecule has 0 aromatic carbocycles. The summed E-state index contributed by atoms with van der Waals surface area (Å²) in [6, 6.07) is 3.71. The molecule has 1 atom stereocenters. The second-order valence-electron chi connectivity index (χ2n) is 9.07. The Morgan fingerprint density at radius 2 is 2.00 bits per heavy atom. The minimum Gasteiger partial charge on any atom is -0.350 e. The summed E-state index contributed by atoms with van der Waals surface area (Å²) in [6.45, 7) is 13.0. The molecule has 1 unspecified atom stereocenters. The van der Waals surface area contributed by atoms with Crippen molar-refractivity contribution in [1.82, 2.24) is 25.0 Å². The maximum atomic E-state index is 12.6. The zero-order valence-electron chi connectivity index (χ0n) is 18.7. The van der Waals surface area contributed by atoms with E-state index in [4.69, 9.17) is 0 Å². The van der Waals surface area contributed by atoms with Gasteiger partial charge in [0.05, 0.1) is 22.9 Å². The number of hydrogen-bond donors (Lipinski definition) is 1. The van der Waals surface area contributed by atoms with Crippen molar-refractivity contribution in [3.8, 4) is 0 Å². The molecule has 3 rings (SSSR count). The number of carbonyl (C=O) groups is 1. The zero-order valence-corrected chi connectivity index (χ0v) is 19.5. The second kappa shape index (κ2) is 9.39. The summed E-state index contributed by atoms with van der Waals surface area (Å²) in [5.41, 5.74) is 1.54. The Balaban J connectivity index is 1.62. The van der Waals surface area contributed by atoms with Gasteiger partial charge in [-0.3, -0.25) is 14.5 Å². The molecule has 1 fully saturated rings. The Morgan fingerprint density at radius 1 is 1.23 bits per heavy atom. The van der Waals surface area contributed by atoms with Gasteiger partial charge in [0, 0.05) is 30.6 Å². The summed E-state index contributed by atoms with van der Waals surface area (Å²) < 4.78 is 1.58. The van der Waals surface area contributed by atoms with Crippen molar-refractivity contribution < 1.29 is 4.79 Å². The van der Waals surface area contributed by atoms with E-state index >= 15 is 0 Å². The smallest absolute Gasteiger partial charge is 0.266 e. The molecule has 164 valence electrons. The normalized spacial score (nSPS) is 17.8. The third-order valence-electron chi connectivity index (χ3n) is 5.59. The minimum atomic E-state index is -0.0967. The number of aryl methyl sites for hydroxylation is 2. The highest BCUT2D eigenvalue weighted by molar-refractivity contribution is 7.13. The van der Waals surface area contributed by atoms with Gasteiger partial charge in [0.25, 0.3) is 11.5 Å². The van der Waals surface area contributed by atoms with E-state index < -0.39 is 0 Å². The molecule has 1 aliphatic heterocycles. The number of aromatic nitrogens is 3. The SMILES string of the molecule is Cc1nc(C)c(C(=O)NCC2CCCCN2CCn2nc(C(C)(C)C)ccc2=O)s1. The first-order chi connectivity index (χ1) is 14.1. The quantitative estimate of drug-likeness (QED) is 0.761. The van der Waals surface area contributed by atoms with E-state index in [0.29, 0.717) is 18.0 Å². The first kappa shape index (κ1) is 22.6. The molecule has 1 saturated heterocycles. The van der Waals surface area contributed by atoms with E-state index in [1.807, 2.05) is 19.9 Å². The van der Waals surface area contributed by atoms with Crippen LogP contribution in [0.5, 0.6) is 0 Å². The largest absolute Gasteiger partial charge is 0.350 e. The van der Waals surface area contributed by atoms with Crippen LogP contribution < -0.4 is 10.9 Å². The molecule has 0 bridgehead atoms. The van der Waals surface area contributed by atoms with Crippen LogP contribution in [-0.4, -0.2) is 51.2 Å².